The molecule has 1 N–H and O–H groups in total. The summed E-state index contributed by atoms with van der Waals surface area (Å²) in [7, 11) is -3.47. The number of hydrogen-bond acceptors (Lipinski definition) is 4. The van der Waals surface area contributed by atoms with Gasteiger partial charge in [0.15, 0.2) is 0 Å². The molecule has 2 heterocycles. The molecule has 1 amide bonds. The Morgan fingerprint density at radius 1 is 1.04 bits per heavy atom. The maximum absolute atomic E-state index is 12.8. The predicted octanol–water partition coefficient (Wildman–Crippen LogP) is 2.39. The Morgan fingerprint density at radius 3 is 2.32 bits per heavy atom. The molecular formula is C21H33N3O3S. The van der Waals surface area contributed by atoms with Gasteiger partial charge < -0.3 is 10.2 Å². The van der Waals surface area contributed by atoms with E-state index in [1.807, 2.05) is 19.1 Å². The zero-order valence-corrected chi connectivity index (χ0v) is 17.7. The van der Waals surface area contributed by atoms with Gasteiger partial charge in [0.05, 0.1) is 4.90 Å². The molecule has 6 nitrogen and oxygen atoms in total. The molecule has 1 aromatic carbocycles. The minimum absolute atomic E-state index is 0.0750. The van der Waals surface area contributed by atoms with Gasteiger partial charge in [-0.2, -0.15) is 4.31 Å². The Hall–Kier alpha value is -1.44. The number of carbonyl (C=O) groups excluding carboxylic acids is 1. The summed E-state index contributed by atoms with van der Waals surface area (Å²) in [4.78, 5) is 15.2. The monoisotopic (exact) mass is 407 g/mol. The number of rotatable bonds is 7. The molecule has 0 unspecified atom stereocenters. The van der Waals surface area contributed by atoms with Crippen molar-refractivity contribution < 1.29 is 13.2 Å². The van der Waals surface area contributed by atoms with Gasteiger partial charge in [-0.1, -0.05) is 24.1 Å². The zero-order valence-electron chi connectivity index (χ0n) is 16.9. The first-order valence-electron chi connectivity index (χ1n) is 10.5. The van der Waals surface area contributed by atoms with Crippen molar-refractivity contribution in [2.45, 2.75) is 50.3 Å². The van der Waals surface area contributed by atoms with Gasteiger partial charge in [-0.25, -0.2) is 8.42 Å². The molecule has 2 aliphatic rings. The average molecular weight is 408 g/mol. The van der Waals surface area contributed by atoms with E-state index in [-0.39, 0.29) is 11.8 Å². The molecule has 28 heavy (non-hydrogen) atoms. The lowest BCUT2D eigenvalue weighted by molar-refractivity contribution is -0.126. The van der Waals surface area contributed by atoms with Crippen LogP contribution in [0.4, 0.5) is 0 Å². The number of hydrogen-bond donors (Lipinski definition) is 1. The molecule has 0 atom stereocenters. The van der Waals surface area contributed by atoms with Gasteiger partial charge in [0.1, 0.15) is 0 Å². The normalized spacial score (nSPS) is 20.2. The van der Waals surface area contributed by atoms with Gasteiger partial charge in [0.2, 0.25) is 15.9 Å². The van der Waals surface area contributed by atoms with Crippen LogP contribution in [0.3, 0.4) is 0 Å². The summed E-state index contributed by atoms with van der Waals surface area (Å²) in [6.45, 7) is 6.87. The van der Waals surface area contributed by atoms with E-state index in [4.69, 9.17) is 0 Å². The quantitative estimate of drug-likeness (QED) is 0.705. The first-order valence-corrected chi connectivity index (χ1v) is 12.0. The summed E-state index contributed by atoms with van der Waals surface area (Å²) in [6.07, 6.45) is 6.07. The van der Waals surface area contributed by atoms with Crippen LogP contribution in [0.1, 0.15) is 44.1 Å². The number of nitrogens with zero attached hydrogens (tertiary/aromatic N) is 2. The van der Waals surface area contributed by atoms with Gasteiger partial charge in [-0.05, 0) is 70.8 Å². The van der Waals surface area contributed by atoms with E-state index in [2.05, 4.69) is 10.2 Å². The van der Waals surface area contributed by atoms with Gasteiger partial charge in [0.25, 0.3) is 0 Å². The molecule has 0 aromatic heterocycles. The molecule has 0 aliphatic carbocycles. The van der Waals surface area contributed by atoms with E-state index in [1.54, 1.807) is 12.1 Å². The fraction of sp³-hybridized carbons (Fsp3) is 0.667. The number of likely N-dealkylation sites (tertiary alicyclic amines) is 1. The van der Waals surface area contributed by atoms with Gasteiger partial charge in [-0.15, -0.1) is 0 Å². The smallest absolute Gasteiger partial charge is 0.243 e. The highest BCUT2D eigenvalue weighted by atomic mass is 32.2. The molecule has 2 fully saturated rings. The minimum Gasteiger partial charge on any atom is -0.356 e. The Balaban J connectivity index is 1.40. The number of piperidine rings is 2. The van der Waals surface area contributed by atoms with Crippen LogP contribution in [0, 0.1) is 12.8 Å². The van der Waals surface area contributed by atoms with E-state index < -0.39 is 10.0 Å². The van der Waals surface area contributed by atoms with E-state index in [9.17, 15) is 13.2 Å². The SMILES string of the molecule is Cc1ccc(S(=O)(=O)N2CCC(C(=O)NCCCN3CCCCC3)CC2)cc1. The number of aryl methyl sites for hydroxylation is 1. The van der Waals surface area contributed by atoms with Gasteiger partial charge in [-0.3, -0.25) is 4.79 Å². The highest BCUT2D eigenvalue weighted by molar-refractivity contribution is 7.89. The Kier molecular flexibility index (Phi) is 7.48. The Labute approximate surface area is 169 Å². The van der Waals surface area contributed by atoms with Crippen LogP contribution in [-0.2, 0) is 14.8 Å². The van der Waals surface area contributed by atoms with Crippen molar-refractivity contribution >= 4 is 15.9 Å². The first kappa shape index (κ1) is 21.3. The van der Waals surface area contributed by atoms with Crippen molar-refractivity contribution in [1.82, 2.24) is 14.5 Å². The fourth-order valence-electron chi connectivity index (χ4n) is 4.06. The summed E-state index contributed by atoms with van der Waals surface area (Å²) < 4.78 is 27.0. The molecule has 0 saturated carbocycles. The standard InChI is InChI=1S/C21H33N3O3S/c1-18-6-8-20(9-7-18)28(26,27)24-16-10-19(11-17-24)21(25)22-12-5-15-23-13-3-2-4-14-23/h6-9,19H,2-5,10-17H2,1H3,(H,22,25). The maximum Gasteiger partial charge on any atom is 0.243 e. The maximum atomic E-state index is 12.8. The number of nitrogens with one attached hydrogen (secondary N) is 1. The van der Waals surface area contributed by atoms with Crippen LogP contribution in [-0.4, -0.2) is 62.8 Å². The topological polar surface area (TPSA) is 69.7 Å². The molecule has 156 valence electrons. The summed E-state index contributed by atoms with van der Waals surface area (Å²) >= 11 is 0. The molecule has 3 rings (SSSR count). The van der Waals surface area contributed by atoms with Crippen molar-refractivity contribution in [2.75, 3.05) is 39.3 Å². The van der Waals surface area contributed by atoms with Crippen molar-refractivity contribution in [3.05, 3.63) is 29.8 Å². The third-order valence-electron chi connectivity index (χ3n) is 5.88. The predicted molar refractivity (Wildman–Crippen MR) is 111 cm³/mol. The summed E-state index contributed by atoms with van der Waals surface area (Å²) in [5, 5.41) is 3.05. The van der Waals surface area contributed by atoms with Crippen molar-refractivity contribution in [1.29, 1.82) is 0 Å². The summed E-state index contributed by atoms with van der Waals surface area (Å²) in [5.41, 5.74) is 1.04. The molecule has 1 aromatic rings. The van der Waals surface area contributed by atoms with Crippen molar-refractivity contribution in [3.63, 3.8) is 0 Å². The summed E-state index contributed by atoms with van der Waals surface area (Å²) in [6, 6.07) is 6.95. The molecule has 2 aliphatic heterocycles. The lowest BCUT2D eigenvalue weighted by Gasteiger charge is -2.30. The zero-order chi connectivity index (χ0) is 20.0. The number of sulfonamides is 1. The van der Waals surface area contributed by atoms with E-state index >= 15 is 0 Å². The first-order chi connectivity index (χ1) is 13.5. The Morgan fingerprint density at radius 2 is 1.68 bits per heavy atom. The second kappa shape index (κ2) is 9.85. The number of carbonyl (C=O) groups is 1. The molecule has 2 saturated heterocycles. The van der Waals surface area contributed by atoms with Crippen LogP contribution in [0.2, 0.25) is 0 Å². The second-order valence-corrected chi connectivity index (χ2v) is 9.98. The van der Waals surface area contributed by atoms with Gasteiger partial charge in [0, 0.05) is 25.6 Å². The Bertz CT molecular complexity index is 735. The minimum atomic E-state index is -3.47. The average Bonchev–Trinajstić information content (AvgIpc) is 2.72. The third kappa shape index (κ3) is 5.55. The lowest BCUT2D eigenvalue weighted by atomic mass is 9.97. The van der Waals surface area contributed by atoms with E-state index in [1.165, 1.54) is 36.7 Å². The molecular weight excluding hydrogens is 374 g/mol. The van der Waals surface area contributed by atoms with Crippen molar-refractivity contribution in [3.8, 4) is 0 Å². The third-order valence-corrected chi connectivity index (χ3v) is 7.80. The van der Waals surface area contributed by atoms with Crippen LogP contribution < -0.4 is 5.32 Å². The van der Waals surface area contributed by atoms with Crippen molar-refractivity contribution in [2.24, 2.45) is 5.92 Å². The summed E-state index contributed by atoms with van der Waals surface area (Å²) in [5.74, 6) is -0.00881. The van der Waals surface area contributed by atoms with E-state index in [0.29, 0.717) is 37.4 Å². The highest BCUT2D eigenvalue weighted by Crippen LogP contribution is 2.24. The molecule has 0 radical (unpaired) electrons. The van der Waals surface area contributed by atoms with Gasteiger partial charge >= 0.3 is 0 Å². The fourth-order valence-corrected chi connectivity index (χ4v) is 5.53. The molecule has 7 heteroatoms. The molecule has 0 spiro atoms. The van der Waals surface area contributed by atoms with Crippen LogP contribution in [0.25, 0.3) is 0 Å². The highest BCUT2D eigenvalue weighted by Gasteiger charge is 2.31. The van der Waals surface area contributed by atoms with E-state index in [0.717, 1.165) is 18.5 Å². The largest absolute Gasteiger partial charge is 0.356 e. The number of amides is 1. The number of benzene rings is 1. The second-order valence-electron chi connectivity index (χ2n) is 8.04. The van der Waals surface area contributed by atoms with Crippen LogP contribution in [0.15, 0.2) is 29.2 Å². The molecule has 0 bridgehead atoms. The van der Waals surface area contributed by atoms with Crippen LogP contribution in [0.5, 0.6) is 0 Å². The van der Waals surface area contributed by atoms with Crippen LogP contribution >= 0.6 is 0 Å². The lowest BCUT2D eigenvalue weighted by Crippen LogP contribution is -2.43.